The quantitative estimate of drug-likeness (QED) is 0.450. The highest BCUT2D eigenvalue weighted by Crippen LogP contribution is 2.33. The van der Waals surface area contributed by atoms with Gasteiger partial charge in [0.15, 0.2) is 0 Å². The van der Waals surface area contributed by atoms with E-state index in [-0.39, 0.29) is 12.1 Å². The van der Waals surface area contributed by atoms with Crippen LogP contribution in [0.3, 0.4) is 0 Å². The van der Waals surface area contributed by atoms with Crippen LogP contribution in [-0.2, 0) is 17.5 Å². The lowest BCUT2D eigenvalue weighted by molar-refractivity contribution is -0.137. The van der Waals surface area contributed by atoms with Crippen LogP contribution in [0.2, 0.25) is 0 Å². The van der Waals surface area contributed by atoms with Gasteiger partial charge in [-0.05, 0) is 50.8 Å². The second kappa shape index (κ2) is 11.1. The van der Waals surface area contributed by atoms with Gasteiger partial charge < -0.3 is 10.1 Å². The molecule has 28 heavy (non-hydrogen) atoms. The van der Waals surface area contributed by atoms with Crippen molar-refractivity contribution in [2.45, 2.75) is 84.5 Å². The van der Waals surface area contributed by atoms with Gasteiger partial charge in [-0.3, -0.25) is 0 Å². The van der Waals surface area contributed by atoms with Crippen molar-refractivity contribution >= 4 is 12.2 Å². The van der Waals surface area contributed by atoms with Gasteiger partial charge in [0, 0.05) is 6.54 Å². The van der Waals surface area contributed by atoms with Crippen molar-refractivity contribution in [1.29, 1.82) is 0 Å². The number of alkyl halides is 3. The maximum absolute atomic E-state index is 13.4. The Hall–Kier alpha value is -1.98. The molecule has 0 aliphatic rings. The van der Waals surface area contributed by atoms with E-state index in [1.165, 1.54) is 25.0 Å². The molecular formula is C22H32F3NO2. The number of hydrogen-bond acceptors (Lipinski definition) is 2. The zero-order chi connectivity index (χ0) is 21.2. The molecule has 0 aliphatic heterocycles. The predicted molar refractivity (Wildman–Crippen MR) is 107 cm³/mol. The fourth-order valence-electron chi connectivity index (χ4n) is 2.67. The number of unbranched alkanes of at least 4 members (excludes halogenated alkanes) is 5. The standard InChI is InChI=1S/C22H32F3NO2/c1-5-6-7-8-9-10-11-12-18-14-13-17(15-19(18)22(23,24)25)16-26-20(27)28-21(2,3)4/h11-15H,5-10,16H2,1-4H3,(H,26,27)/b12-11+. The highest BCUT2D eigenvalue weighted by Gasteiger charge is 2.33. The molecule has 0 aromatic heterocycles. The maximum Gasteiger partial charge on any atom is 0.416 e. The fourth-order valence-corrected chi connectivity index (χ4v) is 2.67. The lowest BCUT2D eigenvalue weighted by atomic mass is 10.0. The largest absolute Gasteiger partial charge is 0.444 e. The molecule has 1 rings (SSSR count). The Morgan fingerprint density at radius 3 is 2.39 bits per heavy atom. The Morgan fingerprint density at radius 2 is 1.79 bits per heavy atom. The van der Waals surface area contributed by atoms with Gasteiger partial charge in [-0.1, -0.05) is 56.9 Å². The van der Waals surface area contributed by atoms with Crippen molar-refractivity contribution in [1.82, 2.24) is 5.32 Å². The highest BCUT2D eigenvalue weighted by molar-refractivity contribution is 5.67. The first-order chi connectivity index (χ1) is 13.0. The second-order valence-corrected chi connectivity index (χ2v) is 7.88. The lowest BCUT2D eigenvalue weighted by Crippen LogP contribution is -2.32. The molecule has 0 saturated carbocycles. The number of allylic oxidation sites excluding steroid dienone is 1. The molecule has 0 fully saturated rings. The minimum absolute atomic E-state index is 0.0284. The summed E-state index contributed by atoms with van der Waals surface area (Å²) < 4.78 is 45.4. The number of carbonyl (C=O) groups excluding carboxylic acids is 1. The average Bonchev–Trinajstić information content (AvgIpc) is 2.57. The van der Waals surface area contributed by atoms with Gasteiger partial charge in [-0.2, -0.15) is 13.2 Å². The van der Waals surface area contributed by atoms with E-state index in [9.17, 15) is 18.0 Å². The topological polar surface area (TPSA) is 38.3 Å². The van der Waals surface area contributed by atoms with E-state index in [0.29, 0.717) is 5.56 Å². The average molecular weight is 399 g/mol. The van der Waals surface area contributed by atoms with Crippen LogP contribution in [0.4, 0.5) is 18.0 Å². The van der Waals surface area contributed by atoms with E-state index >= 15 is 0 Å². The molecule has 0 spiro atoms. The van der Waals surface area contributed by atoms with Crippen LogP contribution in [0.1, 0.15) is 82.9 Å². The van der Waals surface area contributed by atoms with Crippen molar-refractivity contribution in [3.63, 3.8) is 0 Å². The molecule has 0 bridgehead atoms. The maximum atomic E-state index is 13.4. The SMILES string of the molecule is CCCCCCC/C=C/c1ccc(CNC(=O)OC(C)(C)C)cc1C(F)(F)F. The molecule has 0 aliphatic carbocycles. The first kappa shape index (κ1) is 24.1. The van der Waals surface area contributed by atoms with Gasteiger partial charge in [0.1, 0.15) is 5.60 Å². The molecule has 0 heterocycles. The van der Waals surface area contributed by atoms with Crippen LogP contribution >= 0.6 is 0 Å². The first-order valence-corrected chi connectivity index (χ1v) is 9.86. The van der Waals surface area contributed by atoms with Crippen molar-refractivity contribution in [2.75, 3.05) is 0 Å². The van der Waals surface area contributed by atoms with Crippen LogP contribution in [0, 0.1) is 0 Å². The molecule has 0 atom stereocenters. The molecule has 1 N–H and O–H groups in total. The van der Waals surface area contributed by atoms with E-state index in [0.717, 1.165) is 31.7 Å². The van der Waals surface area contributed by atoms with E-state index in [1.807, 2.05) is 0 Å². The minimum Gasteiger partial charge on any atom is -0.444 e. The van der Waals surface area contributed by atoms with E-state index in [1.54, 1.807) is 32.9 Å². The Morgan fingerprint density at radius 1 is 1.11 bits per heavy atom. The number of nitrogens with one attached hydrogen (secondary N) is 1. The molecular weight excluding hydrogens is 367 g/mol. The molecule has 6 heteroatoms. The molecule has 158 valence electrons. The summed E-state index contributed by atoms with van der Waals surface area (Å²) in [4.78, 5) is 11.7. The van der Waals surface area contributed by atoms with Crippen LogP contribution in [0.5, 0.6) is 0 Å². The smallest absolute Gasteiger partial charge is 0.416 e. The first-order valence-electron chi connectivity index (χ1n) is 9.86. The number of carbonyl (C=O) groups is 1. The van der Waals surface area contributed by atoms with Gasteiger partial charge in [-0.15, -0.1) is 0 Å². The number of rotatable bonds is 9. The number of amides is 1. The molecule has 1 amide bonds. The molecule has 0 saturated heterocycles. The summed E-state index contributed by atoms with van der Waals surface area (Å²) in [5.74, 6) is 0. The van der Waals surface area contributed by atoms with Crippen molar-refractivity contribution < 1.29 is 22.7 Å². The summed E-state index contributed by atoms with van der Waals surface area (Å²) in [5.41, 5.74) is -0.845. The van der Waals surface area contributed by atoms with Gasteiger partial charge in [0.25, 0.3) is 0 Å². The number of alkyl carbamates (subject to hydrolysis) is 1. The van der Waals surface area contributed by atoms with Crippen LogP contribution in [0.15, 0.2) is 24.3 Å². The molecule has 0 unspecified atom stereocenters. The Labute approximate surface area is 166 Å². The summed E-state index contributed by atoms with van der Waals surface area (Å²) >= 11 is 0. The minimum atomic E-state index is -4.46. The normalized spacial score (nSPS) is 12.4. The Balaban J connectivity index is 2.73. The zero-order valence-electron chi connectivity index (χ0n) is 17.3. The molecule has 1 aromatic carbocycles. The highest BCUT2D eigenvalue weighted by atomic mass is 19.4. The lowest BCUT2D eigenvalue weighted by Gasteiger charge is -2.20. The van der Waals surface area contributed by atoms with Crippen molar-refractivity contribution in [3.8, 4) is 0 Å². The molecule has 3 nitrogen and oxygen atoms in total. The van der Waals surface area contributed by atoms with Crippen molar-refractivity contribution in [3.05, 3.63) is 41.0 Å². The number of halogens is 3. The van der Waals surface area contributed by atoms with E-state index in [2.05, 4.69) is 12.2 Å². The third kappa shape index (κ3) is 9.81. The van der Waals surface area contributed by atoms with Crippen molar-refractivity contribution in [2.24, 2.45) is 0 Å². The van der Waals surface area contributed by atoms with E-state index in [4.69, 9.17) is 4.74 Å². The summed E-state index contributed by atoms with van der Waals surface area (Å²) in [6.45, 7) is 7.28. The van der Waals surface area contributed by atoms with Gasteiger partial charge >= 0.3 is 12.3 Å². The fraction of sp³-hybridized carbons (Fsp3) is 0.591. The van der Waals surface area contributed by atoms with Crippen LogP contribution < -0.4 is 5.32 Å². The van der Waals surface area contributed by atoms with Crippen LogP contribution in [-0.4, -0.2) is 11.7 Å². The predicted octanol–water partition coefficient (Wildman–Crippen LogP) is 7.10. The third-order valence-electron chi connectivity index (χ3n) is 4.03. The third-order valence-corrected chi connectivity index (χ3v) is 4.03. The van der Waals surface area contributed by atoms with Gasteiger partial charge in [0.05, 0.1) is 5.56 Å². The molecule has 0 radical (unpaired) electrons. The monoisotopic (exact) mass is 399 g/mol. The number of benzene rings is 1. The number of ether oxygens (including phenoxy) is 1. The summed E-state index contributed by atoms with van der Waals surface area (Å²) in [5, 5.41) is 2.48. The summed E-state index contributed by atoms with van der Waals surface area (Å²) in [7, 11) is 0. The molecule has 1 aromatic rings. The van der Waals surface area contributed by atoms with E-state index < -0.39 is 23.4 Å². The number of hydrogen-bond donors (Lipinski definition) is 1. The second-order valence-electron chi connectivity index (χ2n) is 7.88. The van der Waals surface area contributed by atoms with Crippen LogP contribution in [0.25, 0.3) is 6.08 Å². The Kier molecular flexibility index (Phi) is 9.56. The van der Waals surface area contributed by atoms with Gasteiger partial charge in [0.2, 0.25) is 0 Å². The summed E-state index contributed by atoms with van der Waals surface area (Å²) in [6, 6.07) is 4.12. The summed E-state index contributed by atoms with van der Waals surface area (Å²) in [6.07, 6.45) is 4.59. The Bertz CT molecular complexity index is 646. The zero-order valence-corrected chi connectivity index (χ0v) is 17.3. The van der Waals surface area contributed by atoms with Gasteiger partial charge in [-0.25, -0.2) is 4.79 Å².